The van der Waals surface area contributed by atoms with Crippen LogP contribution in [0.1, 0.15) is 38.9 Å². The summed E-state index contributed by atoms with van der Waals surface area (Å²) < 4.78 is 0. The first-order valence-electron chi connectivity index (χ1n) is 9.31. The highest BCUT2D eigenvalue weighted by Crippen LogP contribution is 2.39. The lowest BCUT2D eigenvalue weighted by Gasteiger charge is -2.22. The predicted molar refractivity (Wildman–Crippen MR) is 118 cm³/mol. The summed E-state index contributed by atoms with van der Waals surface area (Å²) in [6.07, 6.45) is 1.10. The zero-order valence-corrected chi connectivity index (χ0v) is 17.7. The van der Waals surface area contributed by atoms with Gasteiger partial charge in [0.1, 0.15) is 0 Å². The topological polar surface area (TPSA) is 0 Å². The Balaban J connectivity index is 2.11. The van der Waals surface area contributed by atoms with Crippen LogP contribution in [-0.4, -0.2) is 0 Å². The molecular formula is C25H29P. The highest BCUT2D eigenvalue weighted by molar-refractivity contribution is 7.72. The van der Waals surface area contributed by atoms with Crippen LogP contribution in [0.3, 0.4) is 0 Å². The SMILES string of the molecule is Cc1cc(C)cc(CP(c2cc(C)cc(C)c2)c2cc(C)cc(C)c2)c1. The van der Waals surface area contributed by atoms with Crippen LogP contribution < -0.4 is 10.6 Å². The van der Waals surface area contributed by atoms with Gasteiger partial charge in [0.2, 0.25) is 0 Å². The number of benzene rings is 3. The van der Waals surface area contributed by atoms with Crippen LogP contribution in [0, 0.1) is 41.5 Å². The summed E-state index contributed by atoms with van der Waals surface area (Å²) >= 11 is 0. The van der Waals surface area contributed by atoms with Gasteiger partial charge in [-0.2, -0.15) is 0 Å². The first-order valence-corrected chi connectivity index (χ1v) is 10.8. The van der Waals surface area contributed by atoms with Crippen molar-refractivity contribution in [2.24, 2.45) is 0 Å². The lowest BCUT2D eigenvalue weighted by Crippen LogP contribution is -2.15. The van der Waals surface area contributed by atoms with E-state index in [0.717, 1.165) is 6.16 Å². The molecule has 0 aliphatic rings. The van der Waals surface area contributed by atoms with E-state index in [0.29, 0.717) is 0 Å². The van der Waals surface area contributed by atoms with E-state index in [9.17, 15) is 0 Å². The molecule has 0 saturated heterocycles. The van der Waals surface area contributed by atoms with Crippen LogP contribution in [-0.2, 0) is 6.16 Å². The summed E-state index contributed by atoms with van der Waals surface area (Å²) in [6.45, 7) is 13.2. The van der Waals surface area contributed by atoms with E-state index < -0.39 is 7.92 Å². The van der Waals surface area contributed by atoms with Crippen molar-refractivity contribution in [3.8, 4) is 0 Å². The Kier molecular flexibility index (Phi) is 5.64. The highest BCUT2D eigenvalue weighted by Gasteiger charge is 2.16. The summed E-state index contributed by atoms with van der Waals surface area (Å²) in [7, 11) is -0.417. The summed E-state index contributed by atoms with van der Waals surface area (Å²) in [5.41, 5.74) is 9.60. The minimum absolute atomic E-state index is 0.417. The molecule has 0 unspecified atom stereocenters. The molecule has 1 heteroatoms. The van der Waals surface area contributed by atoms with Gasteiger partial charge in [0, 0.05) is 6.16 Å². The summed E-state index contributed by atoms with van der Waals surface area (Å²) in [4.78, 5) is 0. The van der Waals surface area contributed by atoms with Crippen LogP contribution >= 0.6 is 7.92 Å². The molecule has 0 heterocycles. The fraction of sp³-hybridized carbons (Fsp3) is 0.280. The van der Waals surface area contributed by atoms with Crippen LogP contribution in [0.25, 0.3) is 0 Å². The average molecular weight is 360 g/mol. The van der Waals surface area contributed by atoms with E-state index in [1.54, 1.807) is 0 Å². The highest BCUT2D eigenvalue weighted by atomic mass is 31.1. The van der Waals surface area contributed by atoms with Gasteiger partial charge in [0.15, 0.2) is 0 Å². The quantitative estimate of drug-likeness (QED) is 0.488. The average Bonchev–Trinajstić information content (AvgIpc) is 2.49. The fourth-order valence-electron chi connectivity index (χ4n) is 3.89. The molecule has 3 aromatic carbocycles. The van der Waals surface area contributed by atoms with Crippen LogP contribution in [0.2, 0.25) is 0 Å². The van der Waals surface area contributed by atoms with Gasteiger partial charge in [0.05, 0.1) is 0 Å². The fourth-order valence-corrected chi connectivity index (χ4v) is 6.54. The maximum absolute atomic E-state index is 2.39. The third kappa shape index (κ3) is 4.63. The van der Waals surface area contributed by atoms with E-state index in [2.05, 4.69) is 96.1 Å². The zero-order valence-electron chi connectivity index (χ0n) is 16.9. The van der Waals surface area contributed by atoms with E-state index in [-0.39, 0.29) is 0 Å². The molecule has 3 aromatic rings. The number of aryl methyl sites for hydroxylation is 6. The Bertz CT molecular complexity index is 825. The number of hydrogen-bond donors (Lipinski definition) is 0. The van der Waals surface area contributed by atoms with Gasteiger partial charge < -0.3 is 0 Å². The maximum Gasteiger partial charge on any atom is 0.000763 e. The van der Waals surface area contributed by atoms with Crippen molar-refractivity contribution in [1.29, 1.82) is 0 Å². The molecule has 3 rings (SSSR count). The smallest absolute Gasteiger partial charge is 0.000763 e. The minimum Gasteiger partial charge on any atom is -0.0564 e. The van der Waals surface area contributed by atoms with Crippen molar-refractivity contribution in [3.05, 3.63) is 93.5 Å². The molecule has 0 spiro atoms. The minimum atomic E-state index is -0.417. The van der Waals surface area contributed by atoms with Gasteiger partial charge >= 0.3 is 0 Å². The molecule has 0 bridgehead atoms. The van der Waals surface area contributed by atoms with E-state index in [4.69, 9.17) is 0 Å². The van der Waals surface area contributed by atoms with Crippen molar-refractivity contribution < 1.29 is 0 Å². The van der Waals surface area contributed by atoms with Crippen molar-refractivity contribution in [3.63, 3.8) is 0 Å². The Morgan fingerprint density at radius 2 is 0.769 bits per heavy atom. The maximum atomic E-state index is 2.39. The molecule has 0 aliphatic heterocycles. The standard InChI is InChI=1S/C25H29P/c1-17-7-18(2)11-23(10-17)16-26(24-12-19(3)8-20(4)13-24)25-14-21(5)9-22(6)15-25/h7-15H,16H2,1-6H3. The molecule has 0 aliphatic carbocycles. The third-order valence-corrected chi connectivity index (χ3v) is 7.10. The molecule has 134 valence electrons. The molecule has 0 atom stereocenters. The molecule has 0 saturated carbocycles. The Labute approximate surface area is 160 Å². The summed E-state index contributed by atoms with van der Waals surface area (Å²) in [5, 5.41) is 2.98. The van der Waals surface area contributed by atoms with Crippen LogP contribution in [0.15, 0.2) is 54.6 Å². The first-order chi connectivity index (χ1) is 12.3. The number of rotatable bonds is 4. The second-order valence-corrected chi connectivity index (χ2v) is 9.98. The molecule has 0 N–H and O–H groups in total. The molecule has 0 fully saturated rings. The normalized spacial score (nSPS) is 11.2. The van der Waals surface area contributed by atoms with Crippen molar-refractivity contribution in [2.45, 2.75) is 47.7 Å². The molecule has 0 amide bonds. The lowest BCUT2D eigenvalue weighted by molar-refractivity contribution is 1.29. The lowest BCUT2D eigenvalue weighted by atomic mass is 10.1. The molecular weight excluding hydrogens is 331 g/mol. The molecule has 0 radical (unpaired) electrons. The van der Waals surface area contributed by atoms with E-state index in [1.807, 2.05) is 0 Å². The first kappa shape index (κ1) is 18.9. The van der Waals surface area contributed by atoms with E-state index in [1.165, 1.54) is 49.6 Å². The Morgan fingerprint density at radius 3 is 1.12 bits per heavy atom. The number of hydrogen-bond acceptors (Lipinski definition) is 0. The van der Waals surface area contributed by atoms with Gasteiger partial charge in [-0.25, -0.2) is 0 Å². The van der Waals surface area contributed by atoms with Gasteiger partial charge in [-0.1, -0.05) is 88.0 Å². The largest absolute Gasteiger partial charge is 0.0564 e. The monoisotopic (exact) mass is 360 g/mol. The van der Waals surface area contributed by atoms with Crippen LogP contribution in [0.5, 0.6) is 0 Å². The van der Waals surface area contributed by atoms with Crippen molar-refractivity contribution in [2.75, 3.05) is 0 Å². The summed E-state index contributed by atoms with van der Waals surface area (Å²) in [5.74, 6) is 0. The Morgan fingerprint density at radius 1 is 0.462 bits per heavy atom. The molecule has 0 nitrogen and oxygen atoms in total. The second-order valence-electron chi connectivity index (χ2n) is 7.77. The molecule has 26 heavy (non-hydrogen) atoms. The van der Waals surface area contributed by atoms with Gasteiger partial charge in [-0.3, -0.25) is 0 Å². The zero-order chi connectivity index (χ0) is 18.8. The van der Waals surface area contributed by atoms with Crippen molar-refractivity contribution >= 4 is 18.5 Å². The second kappa shape index (κ2) is 7.77. The van der Waals surface area contributed by atoms with Crippen molar-refractivity contribution in [1.82, 2.24) is 0 Å². The van der Waals surface area contributed by atoms with Gasteiger partial charge in [0.25, 0.3) is 0 Å². The predicted octanol–water partition coefficient (Wildman–Crippen LogP) is 6.17. The van der Waals surface area contributed by atoms with Gasteiger partial charge in [-0.05, 0) is 65.6 Å². The van der Waals surface area contributed by atoms with Gasteiger partial charge in [-0.15, -0.1) is 0 Å². The summed E-state index contributed by atoms with van der Waals surface area (Å²) in [6, 6.07) is 21.1. The van der Waals surface area contributed by atoms with Crippen LogP contribution in [0.4, 0.5) is 0 Å². The third-order valence-electron chi connectivity index (χ3n) is 4.66. The molecule has 0 aromatic heterocycles. The van der Waals surface area contributed by atoms with E-state index >= 15 is 0 Å². The Hall–Kier alpha value is -1.91.